The van der Waals surface area contributed by atoms with E-state index in [-0.39, 0.29) is 11.7 Å². The number of phenols is 1. The summed E-state index contributed by atoms with van der Waals surface area (Å²) in [6.07, 6.45) is 3.72. The third-order valence-electron chi connectivity index (χ3n) is 3.92. The van der Waals surface area contributed by atoms with Crippen molar-refractivity contribution in [1.82, 2.24) is 5.43 Å². The van der Waals surface area contributed by atoms with E-state index >= 15 is 0 Å². The first-order valence-corrected chi connectivity index (χ1v) is 7.93. The van der Waals surface area contributed by atoms with E-state index in [1.54, 1.807) is 18.2 Å². The van der Waals surface area contributed by atoms with Crippen molar-refractivity contribution in [2.75, 3.05) is 0 Å². The average Bonchev–Trinajstić information content (AvgIpc) is 2.64. The number of phenolic OH excluding ortho intramolecular Hbond substituents is 1. The molecule has 4 nitrogen and oxygen atoms in total. The minimum absolute atomic E-state index is 0.144. The summed E-state index contributed by atoms with van der Waals surface area (Å²) in [4.78, 5) is 12.4. The summed E-state index contributed by atoms with van der Waals surface area (Å²) in [6, 6.07) is 18.6. The van der Waals surface area contributed by atoms with Gasteiger partial charge in [0.1, 0.15) is 5.75 Å². The Morgan fingerprint density at radius 3 is 2.68 bits per heavy atom. The molecule has 25 heavy (non-hydrogen) atoms. The topological polar surface area (TPSA) is 61.7 Å². The molecule has 0 unspecified atom stereocenters. The molecule has 3 rings (SSSR count). The molecule has 0 saturated carbocycles. The number of allylic oxidation sites excluding steroid dienone is 1. The fourth-order valence-corrected chi connectivity index (χ4v) is 2.68. The van der Waals surface area contributed by atoms with Gasteiger partial charge < -0.3 is 5.11 Å². The van der Waals surface area contributed by atoms with Gasteiger partial charge in [-0.1, -0.05) is 54.6 Å². The lowest BCUT2D eigenvalue weighted by Gasteiger charge is -2.06. The van der Waals surface area contributed by atoms with E-state index in [1.807, 2.05) is 48.5 Å². The standard InChI is InChI=1S/C21H18N2O2/c1-2-7-16-10-5-11-17(20(16)24)14-22-23-21(25)19-13-6-9-15-8-3-4-12-18(15)19/h2-6,8-14,24H,1,7H2,(H,23,25). The molecule has 3 aromatic carbocycles. The number of nitrogens with one attached hydrogen (secondary N) is 1. The van der Waals surface area contributed by atoms with E-state index in [0.29, 0.717) is 17.5 Å². The van der Waals surface area contributed by atoms with Crippen LogP contribution in [-0.4, -0.2) is 17.2 Å². The van der Waals surface area contributed by atoms with Crippen LogP contribution in [0.3, 0.4) is 0 Å². The fourth-order valence-electron chi connectivity index (χ4n) is 2.68. The van der Waals surface area contributed by atoms with Crippen LogP contribution in [0.5, 0.6) is 5.75 Å². The minimum Gasteiger partial charge on any atom is -0.507 e. The first-order valence-electron chi connectivity index (χ1n) is 7.93. The van der Waals surface area contributed by atoms with E-state index in [4.69, 9.17) is 0 Å². The highest BCUT2D eigenvalue weighted by molar-refractivity contribution is 6.07. The maximum atomic E-state index is 12.4. The molecule has 2 N–H and O–H groups in total. The van der Waals surface area contributed by atoms with Crippen molar-refractivity contribution in [3.63, 3.8) is 0 Å². The van der Waals surface area contributed by atoms with Gasteiger partial charge >= 0.3 is 0 Å². The summed E-state index contributed by atoms with van der Waals surface area (Å²) in [6.45, 7) is 3.67. The molecule has 0 bridgehead atoms. The highest BCUT2D eigenvalue weighted by Gasteiger charge is 2.09. The van der Waals surface area contributed by atoms with Gasteiger partial charge in [-0.3, -0.25) is 4.79 Å². The zero-order valence-corrected chi connectivity index (χ0v) is 13.6. The molecule has 0 aliphatic rings. The van der Waals surface area contributed by atoms with Gasteiger partial charge in [-0.2, -0.15) is 5.10 Å². The number of benzene rings is 3. The zero-order valence-electron chi connectivity index (χ0n) is 13.6. The van der Waals surface area contributed by atoms with Crippen LogP contribution >= 0.6 is 0 Å². The molecule has 0 heterocycles. The number of carbonyl (C=O) groups is 1. The SMILES string of the molecule is C=CCc1cccc(C=NNC(=O)c2cccc3ccccc23)c1O. The quantitative estimate of drug-likeness (QED) is 0.421. The largest absolute Gasteiger partial charge is 0.507 e. The van der Waals surface area contributed by atoms with E-state index < -0.39 is 0 Å². The lowest BCUT2D eigenvalue weighted by molar-refractivity contribution is 0.0957. The summed E-state index contributed by atoms with van der Waals surface area (Å²) in [5, 5.41) is 16.0. The molecule has 0 aromatic heterocycles. The zero-order chi connectivity index (χ0) is 17.6. The second-order valence-corrected chi connectivity index (χ2v) is 5.57. The highest BCUT2D eigenvalue weighted by atomic mass is 16.3. The van der Waals surface area contributed by atoms with Crippen LogP contribution in [0.4, 0.5) is 0 Å². The second kappa shape index (κ2) is 7.45. The van der Waals surface area contributed by atoms with Gasteiger partial charge in [0.25, 0.3) is 5.91 Å². The number of hydrazone groups is 1. The first kappa shape index (κ1) is 16.5. The summed E-state index contributed by atoms with van der Waals surface area (Å²) in [5.74, 6) is -0.152. The fraction of sp³-hybridized carbons (Fsp3) is 0.0476. The van der Waals surface area contributed by atoms with Gasteiger partial charge in [0.2, 0.25) is 0 Å². The van der Waals surface area contributed by atoms with Crippen molar-refractivity contribution < 1.29 is 9.90 Å². The average molecular weight is 330 g/mol. The highest BCUT2D eigenvalue weighted by Crippen LogP contribution is 2.22. The molecule has 0 saturated heterocycles. The normalized spacial score (nSPS) is 10.9. The number of hydrogen-bond acceptors (Lipinski definition) is 3. The number of para-hydroxylation sites is 1. The summed E-state index contributed by atoms with van der Waals surface area (Å²) in [7, 11) is 0. The van der Waals surface area contributed by atoms with Crippen molar-refractivity contribution in [1.29, 1.82) is 0 Å². The number of hydrogen-bond donors (Lipinski definition) is 2. The summed E-state index contributed by atoms with van der Waals surface area (Å²) in [5.41, 5.74) is 4.38. The molecular weight excluding hydrogens is 312 g/mol. The minimum atomic E-state index is -0.296. The molecule has 0 atom stereocenters. The van der Waals surface area contributed by atoms with Crippen molar-refractivity contribution in [3.05, 3.63) is 90.0 Å². The van der Waals surface area contributed by atoms with E-state index in [0.717, 1.165) is 16.3 Å². The van der Waals surface area contributed by atoms with E-state index in [9.17, 15) is 9.90 Å². The monoisotopic (exact) mass is 330 g/mol. The first-order chi connectivity index (χ1) is 12.2. The van der Waals surface area contributed by atoms with Crippen LogP contribution in [0, 0.1) is 0 Å². The Morgan fingerprint density at radius 1 is 1.08 bits per heavy atom. The van der Waals surface area contributed by atoms with Crippen LogP contribution in [0.25, 0.3) is 10.8 Å². The Bertz CT molecular complexity index is 956. The van der Waals surface area contributed by atoms with E-state index in [1.165, 1.54) is 6.21 Å². The third kappa shape index (κ3) is 3.58. The number of amides is 1. The molecule has 3 aromatic rings. The number of fused-ring (bicyclic) bond motifs is 1. The molecule has 4 heteroatoms. The van der Waals surface area contributed by atoms with Crippen LogP contribution in [0.15, 0.2) is 78.4 Å². The Balaban J connectivity index is 1.79. The van der Waals surface area contributed by atoms with Gasteiger partial charge in [0.15, 0.2) is 0 Å². The Hall–Kier alpha value is -3.40. The lowest BCUT2D eigenvalue weighted by Crippen LogP contribution is -2.17. The number of rotatable bonds is 5. The Labute approximate surface area is 146 Å². The molecule has 0 aliphatic carbocycles. The Kier molecular flexibility index (Phi) is 4.90. The summed E-state index contributed by atoms with van der Waals surface area (Å²) >= 11 is 0. The molecule has 0 radical (unpaired) electrons. The lowest BCUT2D eigenvalue weighted by atomic mass is 10.0. The molecule has 1 amide bonds. The predicted octanol–water partition coefficient (Wildman–Crippen LogP) is 4.04. The van der Waals surface area contributed by atoms with E-state index in [2.05, 4.69) is 17.1 Å². The van der Waals surface area contributed by atoms with Crippen molar-refractivity contribution in [3.8, 4) is 5.75 Å². The smallest absolute Gasteiger partial charge is 0.271 e. The molecule has 0 aliphatic heterocycles. The van der Waals surface area contributed by atoms with Crippen LogP contribution in [-0.2, 0) is 6.42 Å². The maximum Gasteiger partial charge on any atom is 0.271 e. The molecular formula is C21H18N2O2. The van der Waals surface area contributed by atoms with Gasteiger partial charge in [-0.25, -0.2) is 5.43 Å². The third-order valence-corrected chi connectivity index (χ3v) is 3.92. The van der Waals surface area contributed by atoms with Gasteiger partial charge in [0, 0.05) is 11.1 Å². The van der Waals surface area contributed by atoms with Crippen LogP contribution in [0.2, 0.25) is 0 Å². The summed E-state index contributed by atoms with van der Waals surface area (Å²) < 4.78 is 0. The Morgan fingerprint density at radius 2 is 1.84 bits per heavy atom. The van der Waals surface area contributed by atoms with Crippen molar-refractivity contribution in [2.45, 2.75) is 6.42 Å². The number of aromatic hydroxyl groups is 1. The molecule has 124 valence electrons. The van der Waals surface area contributed by atoms with Crippen LogP contribution in [0.1, 0.15) is 21.5 Å². The van der Waals surface area contributed by atoms with Gasteiger partial charge in [-0.05, 0) is 34.9 Å². The molecule has 0 fully saturated rings. The predicted molar refractivity (Wildman–Crippen MR) is 101 cm³/mol. The van der Waals surface area contributed by atoms with Gasteiger partial charge in [-0.15, -0.1) is 6.58 Å². The van der Waals surface area contributed by atoms with Crippen LogP contribution < -0.4 is 5.43 Å². The second-order valence-electron chi connectivity index (χ2n) is 5.57. The number of carbonyl (C=O) groups excluding carboxylic acids is 1. The van der Waals surface area contributed by atoms with Crippen molar-refractivity contribution >= 4 is 22.9 Å². The van der Waals surface area contributed by atoms with Gasteiger partial charge in [0.05, 0.1) is 6.21 Å². The maximum absolute atomic E-state index is 12.4. The molecule has 0 spiro atoms. The number of nitrogens with zero attached hydrogens (tertiary/aromatic N) is 1. The van der Waals surface area contributed by atoms with Crippen molar-refractivity contribution in [2.24, 2.45) is 5.10 Å².